The Morgan fingerprint density at radius 2 is 2.27 bits per heavy atom. The van der Waals surface area contributed by atoms with Crippen LogP contribution >= 0.6 is 11.3 Å². The topological polar surface area (TPSA) is 42.2 Å². The number of rotatable bonds is 6. The molecule has 0 unspecified atom stereocenters. The highest BCUT2D eigenvalue weighted by molar-refractivity contribution is 7.09. The Morgan fingerprint density at radius 3 is 2.73 bits per heavy atom. The summed E-state index contributed by atoms with van der Waals surface area (Å²) in [7, 11) is 0. The van der Waals surface area contributed by atoms with E-state index in [0.29, 0.717) is 0 Å². The van der Waals surface area contributed by atoms with E-state index in [1.54, 1.807) is 11.3 Å². The van der Waals surface area contributed by atoms with E-state index in [4.69, 9.17) is 5.73 Å². The van der Waals surface area contributed by atoms with Crippen LogP contribution in [0.25, 0.3) is 0 Å². The van der Waals surface area contributed by atoms with Gasteiger partial charge in [-0.05, 0) is 18.5 Å². The molecule has 1 heterocycles. The lowest BCUT2D eigenvalue weighted by molar-refractivity contribution is 0.184. The third-order valence-electron chi connectivity index (χ3n) is 2.51. The minimum Gasteiger partial charge on any atom is -0.330 e. The van der Waals surface area contributed by atoms with Crippen LogP contribution in [0.2, 0.25) is 0 Å². The Hall–Kier alpha value is -0.450. The molecule has 0 spiro atoms. The molecule has 15 heavy (non-hydrogen) atoms. The summed E-state index contributed by atoms with van der Waals surface area (Å²) in [6, 6.07) is 0. The fraction of sp³-hybridized carbons (Fsp3) is 0.727. The van der Waals surface area contributed by atoms with E-state index in [9.17, 15) is 0 Å². The molecule has 0 aliphatic rings. The van der Waals surface area contributed by atoms with Crippen LogP contribution in [0.5, 0.6) is 0 Å². The van der Waals surface area contributed by atoms with Crippen LogP contribution in [0.1, 0.15) is 25.6 Å². The first-order chi connectivity index (χ1) is 7.07. The predicted octanol–water partition coefficient (Wildman–Crippen LogP) is 1.95. The van der Waals surface area contributed by atoms with Crippen LogP contribution in [-0.4, -0.2) is 29.5 Å². The smallest absolute Gasteiger partial charge is 0.0794 e. The quantitative estimate of drug-likeness (QED) is 0.807. The molecule has 0 saturated heterocycles. The summed E-state index contributed by atoms with van der Waals surface area (Å²) in [5.41, 5.74) is 7.83. The third kappa shape index (κ3) is 4.28. The van der Waals surface area contributed by atoms with Crippen molar-refractivity contribution in [2.75, 3.05) is 19.6 Å². The molecule has 0 bridgehead atoms. The number of hydrogen-bond donors (Lipinski definition) is 1. The average Bonchev–Trinajstić information content (AvgIpc) is 2.69. The molecular weight excluding hydrogens is 206 g/mol. The van der Waals surface area contributed by atoms with Gasteiger partial charge in [-0.1, -0.05) is 20.8 Å². The summed E-state index contributed by atoms with van der Waals surface area (Å²) in [5.74, 6) is 0. The SMILES string of the molecule is CCN(Cc1cncs1)CC(C)(C)CN. The van der Waals surface area contributed by atoms with E-state index in [1.807, 2.05) is 11.7 Å². The summed E-state index contributed by atoms with van der Waals surface area (Å²) in [6.07, 6.45) is 1.95. The maximum atomic E-state index is 5.75. The van der Waals surface area contributed by atoms with Gasteiger partial charge in [0.1, 0.15) is 0 Å². The van der Waals surface area contributed by atoms with Gasteiger partial charge in [0.25, 0.3) is 0 Å². The molecule has 86 valence electrons. The largest absolute Gasteiger partial charge is 0.330 e. The van der Waals surface area contributed by atoms with E-state index in [1.165, 1.54) is 4.88 Å². The van der Waals surface area contributed by atoms with Crippen LogP contribution in [-0.2, 0) is 6.54 Å². The Morgan fingerprint density at radius 1 is 1.53 bits per heavy atom. The molecule has 0 amide bonds. The second kappa shape index (κ2) is 5.58. The van der Waals surface area contributed by atoms with Crippen LogP contribution < -0.4 is 5.73 Å². The second-order valence-electron chi connectivity index (χ2n) is 4.64. The predicted molar refractivity (Wildman–Crippen MR) is 65.9 cm³/mol. The van der Waals surface area contributed by atoms with E-state index in [-0.39, 0.29) is 5.41 Å². The minimum atomic E-state index is 0.195. The normalized spacial score (nSPS) is 12.3. The van der Waals surface area contributed by atoms with Gasteiger partial charge in [0.05, 0.1) is 5.51 Å². The highest BCUT2D eigenvalue weighted by atomic mass is 32.1. The molecule has 0 aromatic carbocycles. The van der Waals surface area contributed by atoms with Gasteiger partial charge >= 0.3 is 0 Å². The monoisotopic (exact) mass is 227 g/mol. The van der Waals surface area contributed by atoms with Gasteiger partial charge in [-0.3, -0.25) is 9.88 Å². The zero-order valence-electron chi connectivity index (χ0n) is 9.86. The van der Waals surface area contributed by atoms with Crippen molar-refractivity contribution in [3.05, 3.63) is 16.6 Å². The number of nitrogens with two attached hydrogens (primary N) is 1. The molecule has 1 aromatic heterocycles. The Kier molecular flexibility index (Phi) is 4.70. The fourth-order valence-corrected chi connectivity index (χ4v) is 2.13. The number of thiazole rings is 1. The van der Waals surface area contributed by atoms with Crippen molar-refractivity contribution in [2.45, 2.75) is 27.3 Å². The van der Waals surface area contributed by atoms with Crippen LogP contribution in [0.4, 0.5) is 0 Å². The Labute approximate surface area is 96.3 Å². The van der Waals surface area contributed by atoms with Gasteiger partial charge in [0, 0.05) is 24.2 Å². The van der Waals surface area contributed by atoms with Gasteiger partial charge in [0.2, 0.25) is 0 Å². The van der Waals surface area contributed by atoms with Gasteiger partial charge in [-0.25, -0.2) is 0 Å². The maximum Gasteiger partial charge on any atom is 0.0794 e. The number of hydrogen-bond acceptors (Lipinski definition) is 4. The van der Waals surface area contributed by atoms with Crippen LogP contribution in [0, 0.1) is 5.41 Å². The van der Waals surface area contributed by atoms with E-state index in [2.05, 4.69) is 30.7 Å². The molecule has 2 N–H and O–H groups in total. The first-order valence-electron chi connectivity index (χ1n) is 5.37. The van der Waals surface area contributed by atoms with Crippen molar-refractivity contribution >= 4 is 11.3 Å². The molecule has 1 rings (SSSR count). The molecule has 0 radical (unpaired) electrons. The Bertz CT molecular complexity index is 269. The second-order valence-corrected chi connectivity index (χ2v) is 5.61. The standard InChI is InChI=1S/C11H21N3S/c1-4-14(8-11(2,3)7-12)6-10-5-13-9-15-10/h5,9H,4,6-8,12H2,1-3H3. The molecule has 0 saturated carbocycles. The number of nitrogens with zero attached hydrogens (tertiary/aromatic N) is 2. The van der Waals surface area contributed by atoms with Crippen molar-refractivity contribution in [1.29, 1.82) is 0 Å². The first-order valence-corrected chi connectivity index (χ1v) is 6.25. The zero-order valence-corrected chi connectivity index (χ0v) is 10.7. The van der Waals surface area contributed by atoms with E-state index < -0.39 is 0 Å². The highest BCUT2D eigenvalue weighted by Crippen LogP contribution is 2.17. The summed E-state index contributed by atoms with van der Waals surface area (Å²) >= 11 is 1.72. The average molecular weight is 227 g/mol. The maximum absolute atomic E-state index is 5.75. The van der Waals surface area contributed by atoms with Crippen molar-refractivity contribution in [1.82, 2.24) is 9.88 Å². The zero-order chi connectivity index (χ0) is 11.3. The van der Waals surface area contributed by atoms with Gasteiger partial charge in [-0.15, -0.1) is 11.3 Å². The molecular formula is C11H21N3S. The lowest BCUT2D eigenvalue weighted by atomic mass is 9.93. The van der Waals surface area contributed by atoms with Gasteiger partial charge < -0.3 is 5.73 Å². The summed E-state index contributed by atoms with van der Waals surface area (Å²) in [6.45, 7) is 10.4. The van der Waals surface area contributed by atoms with Crippen molar-refractivity contribution in [3.63, 3.8) is 0 Å². The molecule has 0 fully saturated rings. The molecule has 3 nitrogen and oxygen atoms in total. The summed E-state index contributed by atoms with van der Waals surface area (Å²) in [5, 5.41) is 0. The molecule has 0 aliphatic heterocycles. The van der Waals surface area contributed by atoms with Crippen molar-refractivity contribution in [2.24, 2.45) is 11.1 Å². The van der Waals surface area contributed by atoms with E-state index >= 15 is 0 Å². The van der Waals surface area contributed by atoms with Gasteiger partial charge in [-0.2, -0.15) is 0 Å². The van der Waals surface area contributed by atoms with E-state index in [0.717, 1.165) is 26.2 Å². The van der Waals surface area contributed by atoms with Crippen molar-refractivity contribution < 1.29 is 0 Å². The lowest BCUT2D eigenvalue weighted by Gasteiger charge is -2.30. The first kappa shape index (κ1) is 12.6. The fourth-order valence-electron chi connectivity index (χ4n) is 1.49. The van der Waals surface area contributed by atoms with Crippen LogP contribution in [0.15, 0.2) is 11.7 Å². The third-order valence-corrected chi connectivity index (χ3v) is 3.28. The van der Waals surface area contributed by atoms with Gasteiger partial charge in [0.15, 0.2) is 0 Å². The summed E-state index contributed by atoms with van der Waals surface area (Å²) < 4.78 is 0. The molecule has 0 atom stereocenters. The molecule has 0 aliphatic carbocycles. The highest BCUT2D eigenvalue weighted by Gasteiger charge is 2.19. The van der Waals surface area contributed by atoms with Crippen molar-refractivity contribution in [3.8, 4) is 0 Å². The number of aromatic nitrogens is 1. The summed E-state index contributed by atoms with van der Waals surface area (Å²) in [4.78, 5) is 7.83. The molecule has 1 aromatic rings. The lowest BCUT2D eigenvalue weighted by Crippen LogP contribution is -2.38. The Balaban J connectivity index is 2.50. The molecule has 4 heteroatoms. The van der Waals surface area contributed by atoms with Crippen LogP contribution in [0.3, 0.4) is 0 Å². The minimum absolute atomic E-state index is 0.195.